The molecule has 0 saturated carbocycles. The van der Waals surface area contributed by atoms with Crippen LogP contribution in [0.3, 0.4) is 0 Å². The van der Waals surface area contributed by atoms with E-state index in [1.807, 2.05) is 0 Å². The van der Waals surface area contributed by atoms with Gasteiger partial charge in [-0.15, -0.1) is 10.2 Å². The molecular formula is C11H17N5O2. The number of carbonyl (C=O) groups excluding carboxylic acids is 1. The highest BCUT2D eigenvalue weighted by Gasteiger charge is 2.21. The van der Waals surface area contributed by atoms with Crippen molar-refractivity contribution in [2.45, 2.75) is 18.9 Å². The second-order valence-electron chi connectivity index (χ2n) is 4.27. The summed E-state index contributed by atoms with van der Waals surface area (Å²) in [6.45, 7) is 1.36. The lowest BCUT2D eigenvalue weighted by Crippen LogP contribution is -2.34. The lowest BCUT2D eigenvalue weighted by Gasteiger charge is -2.20. The van der Waals surface area contributed by atoms with Crippen molar-refractivity contribution in [3.05, 3.63) is 17.8 Å². The topological polar surface area (TPSA) is 93.4 Å². The highest BCUT2D eigenvalue weighted by atomic mass is 16.5. The van der Waals surface area contributed by atoms with Crippen molar-refractivity contribution >= 4 is 11.7 Å². The first-order chi connectivity index (χ1) is 8.70. The predicted molar refractivity (Wildman–Crippen MR) is 65.8 cm³/mol. The zero-order valence-electron chi connectivity index (χ0n) is 10.3. The predicted octanol–water partition coefficient (Wildman–Crippen LogP) is 0.0132. The number of nitrogens with zero attached hydrogens (tertiary/aromatic N) is 3. The molecule has 1 fully saturated rings. The van der Waals surface area contributed by atoms with Crippen LogP contribution in [0.2, 0.25) is 0 Å². The van der Waals surface area contributed by atoms with Crippen LogP contribution in [0, 0.1) is 0 Å². The third kappa shape index (κ3) is 2.93. The Morgan fingerprint density at radius 1 is 1.61 bits per heavy atom. The first-order valence-electron chi connectivity index (χ1n) is 5.88. The zero-order valence-corrected chi connectivity index (χ0v) is 10.3. The van der Waals surface area contributed by atoms with E-state index in [1.54, 1.807) is 24.1 Å². The average Bonchev–Trinajstić information content (AvgIpc) is 2.91. The fourth-order valence-electron chi connectivity index (χ4n) is 1.90. The van der Waals surface area contributed by atoms with Crippen LogP contribution in [0.1, 0.15) is 23.3 Å². The van der Waals surface area contributed by atoms with Gasteiger partial charge in [0.1, 0.15) is 0 Å². The summed E-state index contributed by atoms with van der Waals surface area (Å²) in [5, 5.41) is 7.59. The Balaban J connectivity index is 1.95. The molecule has 7 nitrogen and oxygen atoms in total. The molecule has 1 aromatic rings. The van der Waals surface area contributed by atoms with Gasteiger partial charge in [0.2, 0.25) is 0 Å². The number of anilines is 1. The Labute approximate surface area is 105 Å². The summed E-state index contributed by atoms with van der Waals surface area (Å²) in [6.07, 6.45) is 2.19. The maximum atomic E-state index is 12.0. The van der Waals surface area contributed by atoms with Crippen molar-refractivity contribution in [3.63, 3.8) is 0 Å². The largest absolute Gasteiger partial charge is 0.376 e. The van der Waals surface area contributed by atoms with E-state index in [9.17, 15) is 4.79 Å². The number of likely N-dealkylation sites (N-methyl/N-ethyl adjacent to an activating group) is 1. The summed E-state index contributed by atoms with van der Waals surface area (Å²) in [7, 11) is 1.74. The van der Waals surface area contributed by atoms with Crippen molar-refractivity contribution < 1.29 is 9.53 Å². The number of nitrogen functional groups attached to an aromatic ring is 1. The third-order valence-electron chi connectivity index (χ3n) is 2.88. The van der Waals surface area contributed by atoms with Gasteiger partial charge >= 0.3 is 0 Å². The number of nitrogens with two attached hydrogens (primary N) is 1. The standard InChI is InChI=1S/C11H17N5O2/c1-16(7-8-3-2-6-18-8)11(17)9-4-5-10(13-12)15-14-9/h4-5,8H,2-3,6-7,12H2,1H3,(H,13,15). The molecule has 1 aromatic heterocycles. The molecule has 1 atom stereocenters. The van der Waals surface area contributed by atoms with Crippen LogP contribution in [0.5, 0.6) is 0 Å². The molecule has 1 unspecified atom stereocenters. The smallest absolute Gasteiger partial charge is 0.274 e. The van der Waals surface area contributed by atoms with E-state index in [0.717, 1.165) is 19.4 Å². The monoisotopic (exact) mass is 251 g/mol. The van der Waals surface area contributed by atoms with E-state index >= 15 is 0 Å². The highest BCUT2D eigenvalue weighted by molar-refractivity contribution is 5.92. The van der Waals surface area contributed by atoms with Crippen LogP contribution >= 0.6 is 0 Å². The number of hydrazine groups is 1. The van der Waals surface area contributed by atoms with Crippen LogP contribution < -0.4 is 11.3 Å². The first-order valence-corrected chi connectivity index (χ1v) is 5.88. The lowest BCUT2D eigenvalue weighted by molar-refractivity contribution is 0.0582. The van der Waals surface area contributed by atoms with Crippen molar-refractivity contribution in [3.8, 4) is 0 Å². The number of carbonyl (C=O) groups is 1. The average molecular weight is 251 g/mol. The summed E-state index contributed by atoms with van der Waals surface area (Å²) >= 11 is 0. The highest BCUT2D eigenvalue weighted by Crippen LogP contribution is 2.13. The first kappa shape index (κ1) is 12.7. The van der Waals surface area contributed by atoms with E-state index in [4.69, 9.17) is 10.6 Å². The Kier molecular flexibility index (Phi) is 4.06. The maximum Gasteiger partial charge on any atom is 0.274 e. The summed E-state index contributed by atoms with van der Waals surface area (Å²) < 4.78 is 5.49. The molecule has 2 heterocycles. The van der Waals surface area contributed by atoms with Crippen molar-refractivity contribution in [2.75, 3.05) is 25.6 Å². The van der Waals surface area contributed by atoms with Gasteiger partial charge in [0, 0.05) is 20.2 Å². The van der Waals surface area contributed by atoms with E-state index in [0.29, 0.717) is 18.1 Å². The minimum atomic E-state index is -0.165. The molecule has 3 N–H and O–H groups in total. The summed E-state index contributed by atoms with van der Waals surface area (Å²) in [5.74, 6) is 5.44. The number of rotatable bonds is 4. The van der Waals surface area contributed by atoms with Gasteiger partial charge in [-0.05, 0) is 25.0 Å². The molecule has 7 heteroatoms. The Hall–Kier alpha value is -1.73. The molecule has 98 valence electrons. The molecule has 1 saturated heterocycles. The Bertz CT molecular complexity index is 402. The second-order valence-corrected chi connectivity index (χ2v) is 4.27. The molecular weight excluding hydrogens is 234 g/mol. The second kappa shape index (κ2) is 5.74. The minimum Gasteiger partial charge on any atom is -0.376 e. The fourth-order valence-corrected chi connectivity index (χ4v) is 1.90. The number of amides is 1. The number of hydrogen-bond acceptors (Lipinski definition) is 6. The molecule has 18 heavy (non-hydrogen) atoms. The molecule has 1 amide bonds. The lowest BCUT2D eigenvalue weighted by atomic mass is 10.2. The molecule has 0 aromatic carbocycles. The Morgan fingerprint density at radius 2 is 2.44 bits per heavy atom. The van der Waals surface area contributed by atoms with Crippen LogP contribution in [0.25, 0.3) is 0 Å². The van der Waals surface area contributed by atoms with Crippen LogP contribution in [0.15, 0.2) is 12.1 Å². The molecule has 0 bridgehead atoms. The molecule has 1 aliphatic rings. The van der Waals surface area contributed by atoms with Gasteiger partial charge in [-0.25, -0.2) is 5.84 Å². The zero-order chi connectivity index (χ0) is 13.0. The number of nitrogens with one attached hydrogen (secondary N) is 1. The van der Waals surface area contributed by atoms with Crippen LogP contribution in [-0.2, 0) is 4.74 Å². The summed E-state index contributed by atoms with van der Waals surface area (Å²) in [5.41, 5.74) is 2.66. The minimum absolute atomic E-state index is 0.136. The van der Waals surface area contributed by atoms with Gasteiger partial charge in [0.05, 0.1) is 6.10 Å². The molecule has 0 radical (unpaired) electrons. The van der Waals surface area contributed by atoms with Gasteiger partial charge in [-0.1, -0.05) is 0 Å². The van der Waals surface area contributed by atoms with Crippen LogP contribution in [0.4, 0.5) is 5.82 Å². The van der Waals surface area contributed by atoms with E-state index in [2.05, 4.69) is 15.6 Å². The molecule has 0 aliphatic carbocycles. The van der Waals surface area contributed by atoms with E-state index in [-0.39, 0.29) is 12.0 Å². The van der Waals surface area contributed by atoms with E-state index in [1.165, 1.54) is 0 Å². The van der Waals surface area contributed by atoms with Gasteiger partial charge in [0.25, 0.3) is 5.91 Å². The normalized spacial score (nSPS) is 18.7. The van der Waals surface area contributed by atoms with Crippen molar-refractivity contribution in [1.29, 1.82) is 0 Å². The summed E-state index contributed by atoms with van der Waals surface area (Å²) in [6, 6.07) is 3.21. The van der Waals surface area contributed by atoms with Crippen molar-refractivity contribution in [2.24, 2.45) is 5.84 Å². The third-order valence-corrected chi connectivity index (χ3v) is 2.88. The van der Waals surface area contributed by atoms with E-state index < -0.39 is 0 Å². The fraction of sp³-hybridized carbons (Fsp3) is 0.545. The van der Waals surface area contributed by atoms with Gasteiger partial charge in [-0.3, -0.25) is 4.79 Å². The van der Waals surface area contributed by atoms with Crippen LogP contribution in [-0.4, -0.2) is 47.3 Å². The summed E-state index contributed by atoms with van der Waals surface area (Å²) in [4.78, 5) is 13.7. The molecule has 1 aliphatic heterocycles. The van der Waals surface area contributed by atoms with Gasteiger partial charge < -0.3 is 15.1 Å². The maximum absolute atomic E-state index is 12.0. The number of ether oxygens (including phenoxy) is 1. The van der Waals surface area contributed by atoms with Crippen molar-refractivity contribution in [1.82, 2.24) is 15.1 Å². The number of hydrogen-bond donors (Lipinski definition) is 2. The quantitative estimate of drug-likeness (QED) is 0.578. The Morgan fingerprint density at radius 3 is 3.00 bits per heavy atom. The molecule has 0 spiro atoms. The number of aromatic nitrogens is 2. The molecule has 2 rings (SSSR count). The van der Waals surface area contributed by atoms with Gasteiger partial charge in [-0.2, -0.15) is 0 Å². The van der Waals surface area contributed by atoms with Gasteiger partial charge in [0.15, 0.2) is 11.5 Å². The SMILES string of the molecule is CN(CC1CCCO1)C(=O)c1ccc(NN)nn1.